The fourth-order valence-corrected chi connectivity index (χ4v) is 2.05. The predicted octanol–water partition coefficient (Wildman–Crippen LogP) is 0.712. The van der Waals surface area contributed by atoms with E-state index in [9.17, 15) is 8.42 Å². The summed E-state index contributed by atoms with van der Waals surface area (Å²) in [6, 6.07) is 0. The summed E-state index contributed by atoms with van der Waals surface area (Å²) in [6.45, 7) is 6.44. The van der Waals surface area contributed by atoms with Gasteiger partial charge in [0, 0.05) is 25.7 Å². The second kappa shape index (κ2) is 7.45. The van der Waals surface area contributed by atoms with Gasteiger partial charge in [0.1, 0.15) is 0 Å². The minimum absolute atomic E-state index is 0. The highest BCUT2D eigenvalue weighted by Gasteiger charge is 2.24. The molecule has 0 aliphatic rings. The van der Waals surface area contributed by atoms with E-state index in [1.54, 1.807) is 14.0 Å². The van der Waals surface area contributed by atoms with Gasteiger partial charge < -0.3 is 5.73 Å². The topological polar surface area (TPSA) is 75.4 Å². The third kappa shape index (κ3) is 5.45. The summed E-state index contributed by atoms with van der Waals surface area (Å²) in [4.78, 5) is 0. The Morgan fingerprint density at radius 3 is 2.00 bits per heavy atom. The molecule has 0 spiro atoms. The molecular formula is C9H24ClN3O2S. The van der Waals surface area contributed by atoms with Crippen LogP contribution in [-0.2, 0) is 10.2 Å². The molecule has 16 heavy (non-hydrogen) atoms. The molecule has 0 aromatic heterocycles. The van der Waals surface area contributed by atoms with Gasteiger partial charge in [0.05, 0.1) is 0 Å². The Labute approximate surface area is 105 Å². The Kier molecular flexibility index (Phi) is 8.60. The number of hydrogen-bond donors (Lipinski definition) is 2. The van der Waals surface area contributed by atoms with Crippen molar-refractivity contribution in [2.24, 2.45) is 5.73 Å². The molecule has 100 valence electrons. The van der Waals surface area contributed by atoms with Crippen molar-refractivity contribution in [1.29, 1.82) is 0 Å². The maximum atomic E-state index is 11.6. The molecular weight excluding hydrogens is 250 g/mol. The quantitative estimate of drug-likeness (QED) is 0.717. The normalized spacial score (nSPS) is 12.6. The van der Waals surface area contributed by atoms with Crippen LogP contribution in [-0.4, -0.2) is 38.4 Å². The largest absolute Gasteiger partial charge is 0.324 e. The molecule has 0 rings (SSSR count). The summed E-state index contributed by atoms with van der Waals surface area (Å²) in [5.74, 6) is 0. The van der Waals surface area contributed by atoms with Crippen LogP contribution >= 0.6 is 12.4 Å². The van der Waals surface area contributed by atoms with Crippen LogP contribution in [0.5, 0.6) is 0 Å². The molecule has 5 nitrogen and oxygen atoms in total. The van der Waals surface area contributed by atoms with E-state index < -0.39 is 15.7 Å². The second-order valence-corrected chi connectivity index (χ2v) is 5.67. The van der Waals surface area contributed by atoms with E-state index in [1.165, 1.54) is 4.31 Å². The first-order chi connectivity index (χ1) is 6.81. The summed E-state index contributed by atoms with van der Waals surface area (Å²) in [5, 5.41) is 0. The smallest absolute Gasteiger partial charge is 0.279 e. The predicted molar refractivity (Wildman–Crippen MR) is 70.0 cm³/mol. The van der Waals surface area contributed by atoms with E-state index in [0.29, 0.717) is 6.54 Å². The van der Waals surface area contributed by atoms with Crippen molar-refractivity contribution < 1.29 is 8.42 Å². The number of nitrogens with two attached hydrogens (primary N) is 1. The average Bonchev–Trinajstić information content (AvgIpc) is 2.24. The monoisotopic (exact) mass is 273 g/mol. The molecule has 0 atom stereocenters. The first kappa shape index (κ1) is 18.5. The zero-order valence-electron chi connectivity index (χ0n) is 10.5. The molecule has 0 aromatic carbocycles. The molecule has 0 heterocycles. The highest BCUT2D eigenvalue weighted by molar-refractivity contribution is 7.87. The van der Waals surface area contributed by atoms with Crippen LogP contribution in [0, 0.1) is 0 Å². The number of halogens is 1. The van der Waals surface area contributed by atoms with Crippen LogP contribution in [0.15, 0.2) is 0 Å². The van der Waals surface area contributed by atoms with Gasteiger partial charge in [0.25, 0.3) is 10.2 Å². The highest BCUT2D eigenvalue weighted by Crippen LogP contribution is 2.10. The van der Waals surface area contributed by atoms with Crippen molar-refractivity contribution in [1.82, 2.24) is 9.03 Å². The number of hydrogen-bond acceptors (Lipinski definition) is 3. The Balaban J connectivity index is 0. The van der Waals surface area contributed by atoms with Crippen LogP contribution in [0.2, 0.25) is 0 Å². The number of nitrogens with zero attached hydrogens (tertiary/aromatic N) is 1. The lowest BCUT2D eigenvalue weighted by Crippen LogP contribution is -2.51. The van der Waals surface area contributed by atoms with Gasteiger partial charge in [-0.25, -0.2) is 4.72 Å². The van der Waals surface area contributed by atoms with Crippen LogP contribution in [0.4, 0.5) is 0 Å². The molecule has 0 amide bonds. The van der Waals surface area contributed by atoms with Crippen LogP contribution < -0.4 is 10.5 Å². The lowest BCUT2D eigenvalue weighted by molar-refractivity contribution is 0.383. The number of nitrogens with one attached hydrogen (secondary N) is 1. The molecule has 0 saturated carbocycles. The Morgan fingerprint density at radius 2 is 1.69 bits per heavy atom. The molecule has 0 radical (unpaired) electrons. The molecule has 3 N–H and O–H groups in total. The maximum Gasteiger partial charge on any atom is 0.279 e. The third-order valence-corrected chi connectivity index (χ3v) is 4.46. The van der Waals surface area contributed by atoms with Gasteiger partial charge >= 0.3 is 0 Å². The van der Waals surface area contributed by atoms with Crippen LogP contribution in [0.25, 0.3) is 0 Å². The molecule has 0 aliphatic heterocycles. The molecule has 0 aliphatic carbocycles. The maximum absolute atomic E-state index is 11.6. The SMILES string of the molecule is CCN(C)S(=O)(=O)NCC(N)(CC)CC.Cl. The van der Waals surface area contributed by atoms with E-state index >= 15 is 0 Å². The standard InChI is InChI=1S/C9H23N3O2S.ClH/c1-5-9(10,6-2)8-11-15(13,14)12(4)7-3;/h11H,5-8,10H2,1-4H3;1H. The van der Waals surface area contributed by atoms with E-state index in [2.05, 4.69) is 4.72 Å². The van der Waals surface area contributed by atoms with Crippen molar-refractivity contribution in [2.75, 3.05) is 20.1 Å². The summed E-state index contributed by atoms with van der Waals surface area (Å²) in [7, 11) is -1.82. The minimum Gasteiger partial charge on any atom is -0.324 e. The Morgan fingerprint density at radius 1 is 1.25 bits per heavy atom. The van der Waals surface area contributed by atoms with Crippen molar-refractivity contribution in [2.45, 2.75) is 39.2 Å². The molecule has 0 unspecified atom stereocenters. The van der Waals surface area contributed by atoms with Gasteiger partial charge in [-0.05, 0) is 12.8 Å². The van der Waals surface area contributed by atoms with Gasteiger partial charge in [-0.2, -0.15) is 12.7 Å². The van der Waals surface area contributed by atoms with E-state index in [0.717, 1.165) is 12.8 Å². The minimum atomic E-state index is -3.36. The lowest BCUT2D eigenvalue weighted by Gasteiger charge is -2.27. The van der Waals surface area contributed by atoms with Crippen molar-refractivity contribution in [3.05, 3.63) is 0 Å². The lowest BCUT2D eigenvalue weighted by atomic mass is 9.95. The first-order valence-electron chi connectivity index (χ1n) is 5.31. The fourth-order valence-electron chi connectivity index (χ4n) is 1.02. The highest BCUT2D eigenvalue weighted by atomic mass is 35.5. The molecule has 0 bridgehead atoms. The van der Waals surface area contributed by atoms with E-state index in [-0.39, 0.29) is 19.0 Å². The van der Waals surface area contributed by atoms with Crippen molar-refractivity contribution in [3.8, 4) is 0 Å². The third-order valence-electron chi connectivity index (χ3n) is 2.87. The summed E-state index contributed by atoms with van der Waals surface area (Å²) in [5.41, 5.74) is 5.56. The van der Waals surface area contributed by atoms with Gasteiger partial charge in [-0.3, -0.25) is 0 Å². The molecule has 0 fully saturated rings. The van der Waals surface area contributed by atoms with Gasteiger partial charge in [-0.15, -0.1) is 12.4 Å². The zero-order valence-corrected chi connectivity index (χ0v) is 12.1. The van der Waals surface area contributed by atoms with Crippen LogP contribution in [0.1, 0.15) is 33.6 Å². The summed E-state index contributed by atoms with van der Waals surface area (Å²) < 4.78 is 27.0. The van der Waals surface area contributed by atoms with Crippen LogP contribution in [0.3, 0.4) is 0 Å². The average molecular weight is 274 g/mol. The van der Waals surface area contributed by atoms with Gasteiger partial charge in [0.2, 0.25) is 0 Å². The summed E-state index contributed by atoms with van der Waals surface area (Å²) >= 11 is 0. The number of rotatable bonds is 7. The van der Waals surface area contributed by atoms with Crippen molar-refractivity contribution >= 4 is 22.6 Å². The Hall–Kier alpha value is 0.120. The summed E-state index contributed by atoms with van der Waals surface area (Å²) in [6.07, 6.45) is 1.50. The van der Waals surface area contributed by atoms with E-state index in [1.807, 2.05) is 13.8 Å². The van der Waals surface area contributed by atoms with E-state index in [4.69, 9.17) is 5.73 Å². The van der Waals surface area contributed by atoms with Gasteiger partial charge in [0.15, 0.2) is 0 Å². The fraction of sp³-hybridized carbons (Fsp3) is 1.00. The molecule has 0 aromatic rings. The first-order valence-corrected chi connectivity index (χ1v) is 6.75. The second-order valence-electron chi connectivity index (χ2n) is 3.81. The Bertz CT molecular complexity index is 278. The van der Waals surface area contributed by atoms with Gasteiger partial charge in [-0.1, -0.05) is 20.8 Å². The molecule has 7 heteroatoms. The zero-order chi connectivity index (χ0) is 12.1. The molecule has 0 saturated heterocycles. The van der Waals surface area contributed by atoms with Crippen molar-refractivity contribution in [3.63, 3.8) is 0 Å².